The number of nitrogens with one attached hydrogen (secondary N) is 1. The molecule has 4 heteroatoms. The van der Waals surface area contributed by atoms with E-state index in [1.54, 1.807) is 0 Å². The van der Waals surface area contributed by atoms with Crippen LogP contribution in [0.4, 0.5) is 5.69 Å². The summed E-state index contributed by atoms with van der Waals surface area (Å²) in [5.41, 5.74) is 4.70. The Balaban J connectivity index is 2.15. The number of halogens is 1. The molecule has 0 spiro atoms. The molecule has 0 amide bonds. The Hall–Kier alpha value is -1.65. The van der Waals surface area contributed by atoms with Crippen LogP contribution in [0.3, 0.4) is 0 Å². The van der Waals surface area contributed by atoms with Crippen molar-refractivity contribution in [1.29, 1.82) is 0 Å². The number of rotatable bonds is 3. The number of hydrogen-bond donors (Lipinski definition) is 2. The van der Waals surface area contributed by atoms with E-state index in [1.165, 1.54) is 0 Å². The second-order valence-electron chi connectivity index (χ2n) is 3.84. The van der Waals surface area contributed by atoms with Crippen LogP contribution in [0.25, 0.3) is 0 Å². The zero-order valence-corrected chi connectivity index (χ0v) is 11.4. The monoisotopic (exact) mass is 303 g/mol. The van der Waals surface area contributed by atoms with E-state index in [0.717, 1.165) is 21.6 Å². The average Bonchev–Trinajstić information content (AvgIpc) is 2.41. The maximum absolute atomic E-state index is 5.51. The fourth-order valence-corrected chi connectivity index (χ4v) is 1.84. The van der Waals surface area contributed by atoms with E-state index < -0.39 is 0 Å². The summed E-state index contributed by atoms with van der Waals surface area (Å²) >= 11 is 3.41. The SMILES string of the molecule is NNC(Cc1ccc(Br)cc1)=Nc1ccccc1. The highest BCUT2D eigenvalue weighted by molar-refractivity contribution is 9.10. The third kappa shape index (κ3) is 3.68. The predicted octanol–water partition coefficient (Wildman–Crippen LogP) is 3.19. The zero-order valence-electron chi connectivity index (χ0n) is 9.81. The van der Waals surface area contributed by atoms with Crippen LogP contribution in [0.15, 0.2) is 64.1 Å². The topological polar surface area (TPSA) is 50.4 Å². The molecule has 0 fully saturated rings. The lowest BCUT2D eigenvalue weighted by molar-refractivity contribution is 0.988. The third-order valence-corrected chi connectivity index (χ3v) is 3.00. The van der Waals surface area contributed by atoms with E-state index in [4.69, 9.17) is 5.84 Å². The molecule has 18 heavy (non-hydrogen) atoms. The Morgan fingerprint density at radius 3 is 2.33 bits per heavy atom. The Morgan fingerprint density at radius 1 is 1.06 bits per heavy atom. The fourth-order valence-electron chi connectivity index (χ4n) is 1.58. The first-order chi connectivity index (χ1) is 8.78. The number of hydrazine groups is 1. The van der Waals surface area contributed by atoms with Crippen molar-refractivity contribution in [2.24, 2.45) is 10.8 Å². The first-order valence-corrected chi connectivity index (χ1v) is 6.41. The standard InChI is InChI=1S/C14H14BrN3/c15-12-8-6-11(7-9-12)10-14(18-16)17-13-4-2-1-3-5-13/h1-9H,10,16H2,(H,17,18). The molecular formula is C14H14BrN3. The summed E-state index contributed by atoms with van der Waals surface area (Å²) in [7, 11) is 0. The number of hydrogen-bond acceptors (Lipinski definition) is 2. The first kappa shape index (κ1) is 12.8. The van der Waals surface area contributed by atoms with Gasteiger partial charge in [0.15, 0.2) is 0 Å². The van der Waals surface area contributed by atoms with Crippen LogP contribution in [-0.4, -0.2) is 5.84 Å². The van der Waals surface area contributed by atoms with Gasteiger partial charge in [0.1, 0.15) is 5.84 Å². The molecule has 0 bridgehead atoms. The predicted molar refractivity (Wildman–Crippen MR) is 78.7 cm³/mol. The average molecular weight is 304 g/mol. The van der Waals surface area contributed by atoms with E-state index in [9.17, 15) is 0 Å². The summed E-state index contributed by atoms with van der Waals surface area (Å²) in [6.07, 6.45) is 0.679. The van der Waals surface area contributed by atoms with Crippen LogP contribution in [-0.2, 0) is 6.42 Å². The van der Waals surface area contributed by atoms with E-state index in [1.807, 2.05) is 54.6 Å². The largest absolute Gasteiger partial charge is 0.312 e. The minimum absolute atomic E-state index is 0.679. The molecular weight excluding hydrogens is 290 g/mol. The molecule has 0 aliphatic carbocycles. The maximum atomic E-state index is 5.51. The molecule has 92 valence electrons. The minimum Gasteiger partial charge on any atom is -0.312 e. The molecule has 0 unspecified atom stereocenters. The van der Waals surface area contributed by atoms with Crippen LogP contribution >= 0.6 is 15.9 Å². The van der Waals surface area contributed by atoms with Crippen molar-refractivity contribution in [1.82, 2.24) is 5.43 Å². The molecule has 3 nitrogen and oxygen atoms in total. The van der Waals surface area contributed by atoms with Gasteiger partial charge in [0.25, 0.3) is 0 Å². The molecule has 0 atom stereocenters. The van der Waals surface area contributed by atoms with Gasteiger partial charge in [0.2, 0.25) is 0 Å². The Morgan fingerprint density at radius 2 is 1.72 bits per heavy atom. The molecule has 2 rings (SSSR count). The Kier molecular flexibility index (Phi) is 4.50. The van der Waals surface area contributed by atoms with Gasteiger partial charge >= 0.3 is 0 Å². The lowest BCUT2D eigenvalue weighted by atomic mass is 10.1. The van der Waals surface area contributed by atoms with Crippen LogP contribution in [0.2, 0.25) is 0 Å². The van der Waals surface area contributed by atoms with Gasteiger partial charge in [-0.25, -0.2) is 10.8 Å². The molecule has 3 N–H and O–H groups in total. The Labute approximate surface area is 115 Å². The highest BCUT2D eigenvalue weighted by Gasteiger charge is 2.00. The van der Waals surface area contributed by atoms with Crippen molar-refractivity contribution >= 4 is 27.5 Å². The van der Waals surface area contributed by atoms with Crippen LogP contribution in [0, 0.1) is 0 Å². The third-order valence-electron chi connectivity index (χ3n) is 2.47. The molecule has 0 saturated heterocycles. The van der Waals surface area contributed by atoms with Crippen LogP contribution in [0.5, 0.6) is 0 Å². The van der Waals surface area contributed by atoms with Crippen molar-refractivity contribution in [3.05, 3.63) is 64.6 Å². The molecule has 0 aliphatic heterocycles. The van der Waals surface area contributed by atoms with E-state index in [2.05, 4.69) is 26.3 Å². The number of nitrogens with two attached hydrogens (primary N) is 1. The fraction of sp³-hybridized carbons (Fsp3) is 0.0714. The number of benzene rings is 2. The van der Waals surface area contributed by atoms with Gasteiger partial charge in [-0.05, 0) is 29.8 Å². The van der Waals surface area contributed by atoms with Gasteiger partial charge in [0.05, 0.1) is 5.69 Å². The van der Waals surface area contributed by atoms with Crippen LogP contribution in [0.1, 0.15) is 5.56 Å². The highest BCUT2D eigenvalue weighted by atomic mass is 79.9. The molecule has 2 aromatic rings. The number of aliphatic imine (C=N–C) groups is 1. The summed E-state index contributed by atoms with van der Waals surface area (Å²) < 4.78 is 1.06. The summed E-state index contributed by atoms with van der Waals surface area (Å²) in [5.74, 6) is 6.25. The van der Waals surface area contributed by atoms with Crippen molar-refractivity contribution < 1.29 is 0 Å². The van der Waals surface area contributed by atoms with Gasteiger partial charge in [-0.15, -0.1) is 0 Å². The van der Waals surface area contributed by atoms with E-state index in [0.29, 0.717) is 6.42 Å². The van der Waals surface area contributed by atoms with Crippen molar-refractivity contribution in [2.45, 2.75) is 6.42 Å². The van der Waals surface area contributed by atoms with Gasteiger partial charge in [-0.3, -0.25) is 0 Å². The van der Waals surface area contributed by atoms with Gasteiger partial charge in [0, 0.05) is 10.9 Å². The van der Waals surface area contributed by atoms with Crippen molar-refractivity contribution in [2.75, 3.05) is 0 Å². The Bertz CT molecular complexity index is 520. The highest BCUT2D eigenvalue weighted by Crippen LogP contribution is 2.13. The molecule has 0 saturated carbocycles. The second-order valence-corrected chi connectivity index (χ2v) is 4.76. The van der Waals surface area contributed by atoms with Crippen molar-refractivity contribution in [3.63, 3.8) is 0 Å². The molecule has 2 aromatic carbocycles. The summed E-state index contributed by atoms with van der Waals surface area (Å²) in [6.45, 7) is 0. The number of nitrogens with zero attached hydrogens (tertiary/aromatic N) is 1. The molecule has 0 radical (unpaired) electrons. The smallest absolute Gasteiger partial charge is 0.121 e. The lowest BCUT2D eigenvalue weighted by Crippen LogP contribution is -2.31. The van der Waals surface area contributed by atoms with E-state index >= 15 is 0 Å². The number of para-hydroxylation sites is 1. The maximum Gasteiger partial charge on any atom is 0.121 e. The summed E-state index contributed by atoms with van der Waals surface area (Å²) in [5, 5.41) is 0. The molecule has 0 heterocycles. The van der Waals surface area contributed by atoms with Crippen molar-refractivity contribution in [3.8, 4) is 0 Å². The quantitative estimate of drug-likeness (QED) is 0.396. The summed E-state index contributed by atoms with van der Waals surface area (Å²) in [6, 6.07) is 17.8. The van der Waals surface area contributed by atoms with E-state index in [-0.39, 0.29) is 0 Å². The first-order valence-electron chi connectivity index (χ1n) is 5.61. The zero-order chi connectivity index (χ0) is 12.8. The summed E-state index contributed by atoms with van der Waals surface area (Å²) in [4.78, 5) is 4.46. The lowest BCUT2D eigenvalue weighted by Gasteiger charge is -2.06. The number of amidine groups is 1. The minimum atomic E-state index is 0.679. The van der Waals surface area contributed by atoms with Gasteiger partial charge in [-0.2, -0.15) is 0 Å². The van der Waals surface area contributed by atoms with Crippen LogP contribution < -0.4 is 11.3 Å². The second kappa shape index (κ2) is 6.33. The van der Waals surface area contributed by atoms with Gasteiger partial charge < -0.3 is 5.43 Å². The molecule has 0 aromatic heterocycles. The molecule has 0 aliphatic rings. The van der Waals surface area contributed by atoms with Gasteiger partial charge in [-0.1, -0.05) is 46.3 Å². The normalized spacial score (nSPS) is 11.3.